The smallest absolute Gasteiger partial charge is 0.311 e. The summed E-state index contributed by atoms with van der Waals surface area (Å²) in [6.45, 7) is 0. The molecule has 0 aliphatic rings. The van der Waals surface area contributed by atoms with E-state index in [1.54, 1.807) is 12.1 Å². The van der Waals surface area contributed by atoms with E-state index >= 15 is 0 Å². The van der Waals surface area contributed by atoms with Crippen LogP contribution in [0.5, 0.6) is 5.75 Å². The first-order chi connectivity index (χ1) is 14.0. The number of nitriles is 1. The van der Waals surface area contributed by atoms with E-state index in [0.29, 0.717) is 22.1 Å². The topological polar surface area (TPSA) is 113 Å². The van der Waals surface area contributed by atoms with Gasteiger partial charge < -0.3 is 4.74 Å². The van der Waals surface area contributed by atoms with Gasteiger partial charge in [-0.3, -0.25) is 15.4 Å². The molecule has 29 heavy (non-hydrogen) atoms. The zero-order valence-corrected chi connectivity index (χ0v) is 17.1. The minimum absolute atomic E-state index is 0.106. The predicted molar refractivity (Wildman–Crippen MR) is 116 cm³/mol. The number of aromatic nitrogens is 1. The third-order valence-electron chi connectivity index (χ3n) is 3.86. The molecule has 0 atom stereocenters. The van der Waals surface area contributed by atoms with Gasteiger partial charge in [0.2, 0.25) is 0 Å². The van der Waals surface area contributed by atoms with E-state index in [0.717, 1.165) is 10.6 Å². The molecule has 0 unspecified atom stereocenters. The van der Waals surface area contributed by atoms with Gasteiger partial charge in [-0.15, -0.1) is 11.3 Å². The number of aliphatic imine (C=N–C) groups is 1. The molecule has 3 aromatic rings. The molecule has 1 heterocycles. The van der Waals surface area contributed by atoms with Crippen LogP contribution in [-0.2, 0) is 0 Å². The normalized spacial score (nSPS) is 11.0. The number of thioether (sulfide) groups is 1. The molecule has 8 nitrogen and oxygen atoms in total. The molecule has 0 fully saturated rings. The lowest BCUT2D eigenvalue weighted by Crippen LogP contribution is -2.12. The number of nitrogens with one attached hydrogen (secondary N) is 1. The zero-order chi connectivity index (χ0) is 20.8. The molecule has 0 saturated heterocycles. The SMILES string of the molecule is COc1ccc(-c2csc(-c3cccc(N=C(NC#N)SC)c3)n2)cc1[N+](=O)[O-]. The Hall–Kier alpha value is -3.42. The number of methoxy groups -OCH3 is 1. The highest BCUT2D eigenvalue weighted by molar-refractivity contribution is 8.13. The van der Waals surface area contributed by atoms with Crippen molar-refractivity contribution in [3.63, 3.8) is 0 Å². The van der Waals surface area contributed by atoms with Crippen LogP contribution in [0.4, 0.5) is 11.4 Å². The third kappa shape index (κ3) is 4.71. The van der Waals surface area contributed by atoms with E-state index in [9.17, 15) is 10.1 Å². The Balaban J connectivity index is 1.93. The van der Waals surface area contributed by atoms with E-state index in [2.05, 4.69) is 15.3 Å². The Morgan fingerprint density at radius 2 is 2.17 bits per heavy atom. The molecule has 0 aliphatic carbocycles. The quantitative estimate of drug-likeness (QED) is 0.156. The van der Waals surface area contributed by atoms with Gasteiger partial charge in [-0.1, -0.05) is 23.9 Å². The summed E-state index contributed by atoms with van der Waals surface area (Å²) in [7, 11) is 1.40. The highest BCUT2D eigenvalue weighted by Crippen LogP contribution is 2.35. The summed E-state index contributed by atoms with van der Waals surface area (Å²) in [4.78, 5) is 19.8. The number of nitro groups is 1. The summed E-state index contributed by atoms with van der Waals surface area (Å²) >= 11 is 2.77. The van der Waals surface area contributed by atoms with Crippen molar-refractivity contribution in [3.05, 3.63) is 58.0 Å². The van der Waals surface area contributed by atoms with E-state index in [-0.39, 0.29) is 11.4 Å². The van der Waals surface area contributed by atoms with Crippen LogP contribution >= 0.6 is 23.1 Å². The minimum atomic E-state index is -0.476. The van der Waals surface area contributed by atoms with Crippen LogP contribution in [0, 0.1) is 21.6 Å². The number of ether oxygens (including phenoxy) is 1. The summed E-state index contributed by atoms with van der Waals surface area (Å²) < 4.78 is 5.04. The molecule has 10 heteroatoms. The Morgan fingerprint density at radius 1 is 1.34 bits per heavy atom. The Bertz CT molecular complexity index is 1120. The summed E-state index contributed by atoms with van der Waals surface area (Å²) in [5, 5.41) is 25.7. The first-order valence-corrected chi connectivity index (χ1v) is 10.3. The number of hydrogen-bond donors (Lipinski definition) is 1. The number of thiazole rings is 1. The van der Waals surface area contributed by atoms with Crippen LogP contribution in [0.1, 0.15) is 0 Å². The third-order valence-corrected chi connectivity index (χ3v) is 5.33. The van der Waals surface area contributed by atoms with E-state index < -0.39 is 4.92 Å². The largest absolute Gasteiger partial charge is 0.490 e. The summed E-state index contributed by atoms with van der Waals surface area (Å²) in [5.74, 6) is 0.204. The molecule has 0 amide bonds. The summed E-state index contributed by atoms with van der Waals surface area (Å²) in [6.07, 6.45) is 3.69. The Labute approximate surface area is 175 Å². The zero-order valence-electron chi connectivity index (χ0n) is 15.4. The van der Waals surface area contributed by atoms with Crippen molar-refractivity contribution in [2.45, 2.75) is 0 Å². The first-order valence-electron chi connectivity index (χ1n) is 8.22. The standard InChI is InChI=1S/C19H15N5O3S2/c1-27-17-7-6-12(9-16(17)24(25)26)15-10-29-18(23-15)13-4-3-5-14(8-13)22-19(28-2)21-11-20/h3-10H,1-2H3,(H,21,22). The Morgan fingerprint density at radius 3 is 2.86 bits per heavy atom. The minimum Gasteiger partial charge on any atom is -0.490 e. The molecule has 146 valence electrons. The van der Waals surface area contributed by atoms with Crippen LogP contribution in [0.2, 0.25) is 0 Å². The number of amidine groups is 1. The van der Waals surface area contributed by atoms with Gasteiger partial charge >= 0.3 is 5.69 Å². The second kappa shape index (κ2) is 9.18. The predicted octanol–water partition coefficient (Wildman–Crippen LogP) is 4.82. The molecule has 1 aromatic heterocycles. The molecule has 2 aromatic carbocycles. The number of rotatable bonds is 5. The molecule has 3 rings (SSSR count). The molecular weight excluding hydrogens is 410 g/mol. The fourth-order valence-electron chi connectivity index (χ4n) is 2.53. The number of nitrogens with zero attached hydrogens (tertiary/aromatic N) is 4. The van der Waals surface area contributed by atoms with E-state index in [1.807, 2.05) is 42.1 Å². The number of benzene rings is 2. The number of hydrogen-bond acceptors (Lipinski definition) is 8. The first kappa shape index (κ1) is 20.3. The maximum absolute atomic E-state index is 11.3. The lowest BCUT2D eigenvalue weighted by molar-refractivity contribution is -0.385. The molecule has 0 radical (unpaired) electrons. The second-order valence-corrected chi connectivity index (χ2v) is 7.24. The fraction of sp³-hybridized carbons (Fsp3) is 0.105. The molecule has 0 bridgehead atoms. The molecule has 0 saturated carbocycles. The lowest BCUT2D eigenvalue weighted by Gasteiger charge is -2.03. The van der Waals surface area contributed by atoms with Gasteiger partial charge in [0.1, 0.15) is 5.01 Å². The monoisotopic (exact) mass is 425 g/mol. The fourth-order valence-corrected chi connectivity index (χ4v) is 3.70. The van der Waals surface area contributed by atoms with E-state index in [4.69, 9.17) is 10.00 Å². The van der Waals surface area contributed by atoms with Gasteiger partial charge in [0.15, 0.2) is 17.1 Å². The highest BCUT2D eigenvalue weighted by Gasteiger charge is 2.17. The van der Waals surface area contributed by atoms with Gasteiger partial charge in [-0.2, -0.15) is 5.26 Å². The molecule has 0 aliphatic heterocycles. The van der Waals surface area contributed by atoms with E-state index in [1.165, 1.54) is 36.3 Å². The van der Waals surface area contributed by atoms with Crippen molar-refractivity contribution in [1.29, 1.82) is 5.26 Å². The lowest BCUT2D eigenvalue weighted by atomic mass is 10.1. The van der Waals surface area contributed by atoms with Gasteiger partial charge in [-0.25, -0.2) is 9.98 Å². The van der Waals surface area contributed by atoms with Crippen LogP contribution in [-0.4, -0.2) is 28.4 Å². The van der Waals surface area contributed by atoms with Gasteiger partial charge in [0.05, 0.1) is 23.4 Å². The van der Waals surface area contributed by atoms with Crippen molar-refractivity contribution in [3.8, 4) is 33.8 Å². The van der Waals surface area contributed by atoms with Crippen molar-refractivity contribution in [2.75, 3.05) is 13.4 Å². The van der Waals surface area contributed by atoms with Crippen LogP contribution < -0.4 is 10.1 Å². The van der Waals surface area contributed by atoms with Crippen molar-refractivity contribution in [1.82, 2.24) is 10.3 Å². The van der Waals surface area contributed by atoms with Crippen molar-refractivity contribution in [2.24, 2.45) is 4.99 Å². The van der Waals surface area contributed by atoms with Crippen LogP contribution in [0.3, 0.4) is 0 Å². The van der Waals surface area contributed by atoms with Crippen LogP contribution in [0.25, 0.3) is 21.8 Å². The van der Waals surface area contributed by atoms with Crippen molar-refractivity contribution >= 4 is 39.6 Å². The summed E-state index contributed by atoms with van der Waals surface area (Å²) in [5.41, 5.74) is 2.72. The van der Waals surface area contributed by atoms with Gasteiger partial charge in [-0.05, 0) is 30.5 Å². The molecular formula is C19H15N5O3S2. The maximum Gasteiger partial charge on any atom is 0.311 e. The molecule has 0 spiro atoms. The summed E-state index contributed by atoms with van der Waals surface area (Å²) in [6, 6.07) is 12.2. The van der Waals surface area contributed by atoms with Gasteiger partial charge in [0, 0.05) is 22.6 Å². The van der Waals surface area contributed by atoms with Crippen LogP contribution in [0.15, 0.2) is 52.8 Å². The average Bonchev–Trinajstić information content (AvgIpc) is 3.23. The average molecular weight is 425 g/mol. The Kier molecular flexibility index (Phi) is 6.43. The molecule has 1 N–H and O–H groups in total. The maximum atomic E-state index is 11.3. The van der Waals surface area contributed by atoms with Gasteiger partial charge in [0.25, 0.3) is 0 Å². The van der Waals surface area contributed by atoms with Crippen molar-refractivity contribution < 1.29 is 9.66 Å². The second-order valence-electron chi connectivity index (χ2n) is 5.59. The highest BCUT2D eigenvalue weighted by atomic mass is 32.2. The number of nitro benzene ring substituents is 1.